The summed E-state index contributed by atoms with van der Waals surface area (Å²) < 4.78 is 0. The van der Waals surface area contributed by atoms with E-state index in [1.807, 2.05) is 0 Å². The number of nitrogens with zero attached hydrogens (tertiary/aromatic N) is 1. The first kappa shape index (κ1) is 16.0. The summed E-state index contributed by atoms with van der Waals surface area (Å²) in [6.07, 6.45) is 6.54. The van der Waals surface area contributed by atoms with E-state index in [4.69, 9.17) is 0 Å². The first-order valence-electron chi connectivity index (χ1n) is 8.10. The predicted octanol–water partition coefficient (Wildman–Crippen LogP) is 3.67. The van der Waals surface area contributed by atoms with Crippen LogP contribution in [0.1, 0.15) is 66.7 Å². The lowest BCUT2D eigenvalue weighted by Crippen LogP contribution is -2.62. The third kappa shape index (κ3) is 3.27. The standard InChI is InChI=1S/C16H34N2/c1-6-11-17-15(14(4)5)16(7-2,8-3)18-12-9-10-13-18/h14-15,17H,6-13H2,1-5H3. The van der Waals surface area contributed by atoms with Crippen LogP contribution in [0.3, 0.4) is 0 Å². The lowest BCUT2D eigenvalue weighted by atomic mass is 9.77. The van der Waals surface area contributed by atoms with E-state index in [1.54, 1.807) is 0 Å². The maximum atomic E-state index is 3.85. The van der Waals surface area contributed by atoms with Gasteiger partial charge in [-0.1, -0.05) is 34.6 Å². The smallest absolute Gasteiger partial charge is 0.0359 e. The third-order valence-corrected chi connectivity index (χ3v) is 4.82. The molecule has 0 aromatic carbocycles. The molecule has 18 heavy (non-hydrogen) atoms. The maximum Gasteiger partial charge on any atom is 0.0359 e. The fraction of sp³-hybridized carbons (Fsp3) is 1.00. The van der Waals surface area contributed by atoms with Crippen molar-refractivity contribution in [1.29, 1.82) is 0 Å². The zero-order chi connectivity index (χ0) is 13.6. The van der Waals surface area contributed by atoms with Gasteiger partial charge in [0.2, 0.25) is 0 Å². The van der Waals surface area contributed by atoms with E-state index in [2.05, 4.69) is 44.8 Å². The summed E-state index contributed by atoms with van der Waals surface area (Å²) in [5.41, 5.74) is 0.375. The molecule has 1 rings (SSSR count). The van der Waals surface area contributed by atoms with E-state index >= 15 is 0 Å². The van der Waals surface area contributed by atoms with Gasteiger partial charge in [0.1, 0.15) is 0 Å². The van der Waals surface area contributed by atoms with Crippen LogP contribution in [0.4, 0.5) is 0 Å². The van der Waals surface area contributed by atoms with Gasteiger partial charge in [-0.3, -0.25) is 4.90 Å². The molecule has 108 valence electrons. The minimum atomic E-state index is 0.375. The molecule has 0 amide bonds. The Morgan fingerprint density at radius 3 is 2.00 bits per heavy atom. The Morgan fingerprint density at radius 2 is 1.61 bits per heavy atom. The van der Waals surface area contributed by atoms with Gasteiger partial charge in [-0.15, -0.1) is 0 Å². The molecule has 1 unspecified atom stereocenters. The van der Waals surface area contributed by atoms with Crippen molar-refractivity contribution in [2.45, 2.75) is 78.3 Å². The number of rotatable bonds is 8. The van der Waals surface area contributed by atoms with Crippen LogP contribution >= 0.6 is 0 Å². The summed E-state index contributed by atoms with van der Waals surface area (Å²) in [6, 6.07) is 0.630. The first-order valence-corrected chi connectivity index (χ1v) is 8.10. The topological polar surface area (TPSA) is 15.3 Å². The van der Waals surface area contributed by atoms with Gasteiger partial charge < -0.3 is 5.32 Å². The van der Waals surface area contributed by atoms with Crippen LogP contribution in [0, 0.1) is 5.92 Å². The van der Waals surface area contributed by atoms with Crippen LogP contribution in [0.15, 0.2) is 0 Å². The predicted molar refractivity (Wildman–Crippen MR) is 81.0 cm³/mol. The first-order chi connectivity index (χ1) is 8.62. The van der Waals surface area contributed by atoms with E-state index in [0.717, 1.165) is 6.54 Å². The second kappa shape index (κ2) is 7.49. The van der Waals surface area contributed by atoms with Gasteiger partial charge in [0.15, 0.2) is 0 Å². The van der Waals surface area contributed by atoms with Crippen molar-refractivity contribution in [3.05, 3.63) is 0 Å². The van der Waals surface area contributed by atoms with Gasteiger partial charge >= 0.3 is 0 Å². The highest BCUT2D eigenvalue weighted by atomic mass is 15.2. The largest absolute Gasteiger partial charge is 0.312 e. The Labute approximate surface area is 115 Å². The van der Waals surface area contributed by atoms with E-state index in [9.17, 15) is 0 Å². The highest BCUT2D eigenvalue weighted by Crippen LogP contribution is 2.34. The molecule has 1 fully saturated rings. The number of nitrogens with one attached hydrogen (secondary N) is 1. The Kier molecular flexibility index (Phi) is 6.65. The molecule has 0 spiro atoms. The lowest BCUT2D eigenvalue weighted by molar-refractivity contribution is 0.0438. The van der Waals surface area contributed by atoms with E-state index in [0.29, 0.717) is 17.5 Å². The SMILES string of the molecule is CCCNC(C(C)C)C(CC)(CC)N1CCCC1. The molecule has 1 atom stereocenters. The Hall–Kier alpha value is -0.0800. The Balaban J connectivity index is 2.89. The van der Waals surface area contributed by atoms with Crippen molar-refractivity contribution >= 4 is 0 Å². The van der Waals surface area contributed by atoms with Gasteiger partial charge in [0.05, 0.1) is 0 Å². The van der Waals surface area contributed by atoms with Crippen LogP contribution in [0.25, 0.3) is 0 Å². The number of hydrogen-bond acceptors (Lipinski definition) is 2. The van der Waals surface area contributed by atoms with Gasteiger partial charge in [-0.2, -0.15) is 0 Å². The van der Waals surface area contributed by atoms with Crippen molar-refractivity contribution in [2.75, 3.05) is 19.6 Å². The summed E-state index contributed by atoms with van der Waals surface area (Å²) in [5, 5.41) is 3.85. The van der Waals surface area contributed by atoms with Crippen molar-refractivity contribution in [2.24, 2.45) is 5.92 Å². The molecule has 0 aliphatic carbocycles. The average molecular weight is 254 g/mol. The molecule has 1 heterocycles. The molecule has 0 saturated carbocycles. The number of hydrogen-bond donors (Lipinski definition) is 1. The molecule has 1 aliphatic heterocycles. The summed E-state index contributed by atoms with van der Waals surface area (Å²) in [6.45, 7) is 15.5. The van der Waals surface area contributed by atoms with E-state index in [1.165, 1.54) is 45.2 Å². The minimum absolute atomic E-state index is 0.375. The zero-order valence-corrected chi connectivity index (χ0v) is 13.3. The van der Waals surface area contributed by atoms with Crippen LogP contribution in [-0.4, -0.2) is 36.1 Å². The molecular formula is C16H34N2. The molecular weight excluding hydrogens is 220 g/mol. The monoisotopic (exact) mass is 254 g/mol. The van der Waals surface area contributed by atoms with Gasteiger partial charge in [0.25, 0.3) is 0 Å². The fourth-order valence-electron chi connectivity index (χ4n) is 3.84. The second-order valence-electron chi connectivity index (χ2n) is 6.18. The molecule has 1 saturated heterocycles. The van der Waals surface area contributed by atoms with Crippen molar-refractivity contribution < 1.29 is 0 Å². The van der Waals surface area contributed by atoms with Crippen molar-refractivity contribution in [3.8, 4) is 0 Å². The van der Waals surface area contributed by atoms with Crippen LogP contribution in [-0.2, 0) is 0 Å². The third-order valence-electron chi connectivity index (χ3n) is 4.82. The van der Waals surface area contributed by atoms with Crippen LogP contribution in [0.5, 0.6) is 0 Å². The summed E-state index contributed by atoms with van der Waals surface area (Å²) >= 11 is 0. The van der Waals surface area contributed by atoms with Gasteiger partial charge in [0, 0.05) is 11.6 Å². The molecule has 0 bridgehead atoms. The van der Waals surface area contributed by atoms with Crippen molar-refractivity contribution in [3.63, 3.8) is 0 Å². The second-order valence-corrected chi connectivity index (χ2v) is 6.18. The highest BCUT2D eigenvalue weighted by Gasteiger charge is 2.42. The molecule has 0 radical (unpaired) electrons. The molecule has 0 aromatic heterocycles. The summed E-state index contributed by atoms with van der Waals surface area (Å²) in [4.78, 5) is 2.78. The van der Waals surface area contributed by atoms with E-state index in [-0.39, 0.29) is 0 Å². The fourth-order valence-corrected chi connectivity index (χ4v) is 3.84. The Bertz CT molecular complexity index is 215. The zero-order valence-electron chi connectivity index (χ0n) is 13.3. The molecule has 1 aliphatic rings. The van der Waals surface area contributed by atoms with Crippen LogP contribution in [0.2, 0.25) is 0 Å². The lowest BCUT2D eigenvalue weighted by Gasteiger charge is -2.49. The minimum Gasteiger partial charge on any atom is -0.312 e. The van der Waals surface area contributed by atoms with Gasteiger partial charge in [-0.25, -0.2) is 0 Å². The molecule has 2 heteroatoms. The van der Waals surface area contributed by atoms with Crippen molar-refractivity contribution in [1.82, 2.24) is 10.2 Å². The van der Waals surface area contributed by atoms with E-state index < -0.39 is 0 Å². The van der Waals surface area contributed by atoms with Gasteiger partial charge in [-0.05, 0) is 57.7 Å². The highest BCUT2D eigenvalue weighted by molar-refractivity contribution is 5.01. The summed E-state index contributed by atoms with van der Waals surface area (Å²) in [7, 11) is 0. The Morgan fingerprint density at radius 1 is 1.06 bits per heavy atom. The number of likely N-dealkylation sites (tertiary alicyclic amines) is 1. The summed E-state index contributed by atoms with van der Waals surface area (Å²) in [5.74, 6) is 0.706. The molecule has 2 nitrogen and oxygen atoms in total. The molecule has 1 N–H and O–H groups in total. The quantitative estimate of drug-likeness (QED) is 0.711. The normalized spacial score (nSPS) is 19.7. The van der Waals surface area contributed by atoms with Crippen LogP contribution < -0.4 is 5.32 Å². The maximum absolute atomic E-state index is 3.85. The molecule has 0 aromatic rings. The average Bonchev–Trinajstić information content (AvgIpc) is 2.88.